The van der Waals surface area contributed by atoms with Crippen molar-refractivity contribution in [3.63, 3.8) is 0 Å². The van der Waals surface area contributed by atoms with Crippen molar-refractivity contribution in [3.8, 4) is 0 Å². The lowest BCUT2D eigenvalue weighted by Crippen LogP contribution is -2.31. The molecule has 0 amide bonds. The van der Waals surface area contributed by atoms with E-state index in [9.17, 15) is 0 Å². The largest absolute Gasteiger partial charge is 0.314 e. The first-order chi connectivity index (χ1) is 7.67. The summed E-state index contributed by atoms with van der Waals surface area (Å²) in [7, 11) is 0. The third-order valence-corrected chi connectivity index (χ3v) is 2.99. The first kappa shape index (κ1) is 13.8. The number of likely N-dealkylation sites (N-methyl/N-ethyl adjacent to an activating group) is 1. The molecule has 2 nitrogen and oxygen atoms in total. The van der Waals surface area contributed by atoms with Gasteiger partial charge in [0.25, 0.3) is 0 Å². The molecule has 0 aliphatic carbocycles. The van der Waals surface area contributed by atoms with Crippen LogP contribution in [0.2, 0.25) is 10.0 Å². The predicted molar refractivity (Wildman–Crippen MR) is 70.3 cm³/mol. The second-order valence-corrected chi connectivity index (χ2v) is 4.67. The van der Waals surface area contributed by atoms with Crippen LogP contribution in [0.25, 0.3) is 0 Å². The van der Waals surface area contributed by atoms with Gasteiger partial charge < -0.3 is 5.32 Å². The Labute approximate surface area is 107 Å². The lowest BCUT2D eigenvalue weighted by molar-refractivity contribution is 0.482. The van der Waals surface area contributed by atoms with Gasteiger partial charge in [0, 0.05) is 18.7 Å². The second kappa shape index (κ2) is 7.10. The zero-order chi connectivity index (χ0) is 12.0. The van der Waals surface area contributed by atoms with Gasteiger partial charge in [0.2, 0.25) is 0 Å². The maximum atomic E-state index is 6.10. The number of halogens is 2. The second-order valence-electron chi connectivity index (χ2n) is 3.83. The highest BCUT2D eigenvalue weighted by Crippen LogP contribution is 2.20. The Balaban J connectivity index is 2.68. The van der Waals surface area contributed by atoms with Crippen molar-refractivity contribution in [2.45, 2.75) is 39.2 Å². The van der Waals surface area contributed by atoms with E-state index < -0.39 is 0 Å². The molecule has 4 heteroatoms. The van der Waals surface area contributed by atoms with Crippen molar-refractivity contribution >= 4 is 23.2 Å². The molecule has 1 atom stereocenters. The first-order valence-electron chi connectivity index (χ1n) is 5.70. The molecule has 16 heavy (non-hydrogen) atoms. The number of rotatable bonds is 6. The Hall–Kier alpha value is -0.310. The predicted octanol–water partition coefficient (Wildman–Crippen LogP) is 3.71. The van der Waals surface area contributed by atoms with Crippen LogP contribution in [-0.4, -0.2) is 17.6 Å². The minimum Gasteiger partial charge on any atom is -0.314 e. The average Bonchev–Trinajstić information content (AvgIpc) is 2.23. The maximum absolute atomic E-state index is 6.10. The Bertz CT molecular complexity index is 323. The highest BCUT2D eigenvalue weighted by Gasteiger charge is 2.11. The molecule has 1 aromatic heterocycles. The van der Waals surface area contributed by atoms with Gasteiger partial charge in [-0.25, -0.2) is 0 Å². The summed E-state index contributed by atoms with van der Waals surface area (Å²) in [5, 5.41) is 4.69. The molecule has 0 radical (unpaired) electrons. The third-order valence-electron chi connectivity index (χ3n) is 2.45. The van der Waals surface area contributed by atoms with E-state index in [1.54, 1.807) is 12.3 Å². The van der Waals surface area contributed by atoms with E-state index >= 15 is 0 Å². The Morgan fingerprint density at radius 2 is 2.12 bits per heavy atom. The molecule has 0 aliphatic heterocycles. The van der Waals surface area contributed by atoms with Crippen LogP contribution in [0.4, 0.5) is 0 Å². The van der Waals surface area contributed by atoms with Gasteiger partial charge in [-0.05, 0) is 19.0 Å². The van der Waals surface area contributed by atoms with Crippen molar-refractivity contribution in [2.75, 3.05) is 6.54 Å². The van der Waals surface area contributed by atoms with Gasteiger partial charge in [0.1, 0.15) is 0 Å². The van der Waals surface area contributed by atoms with E-state index in [2.05, 4.69) is 24.1 Å². The summed E-state index contributed by atoms with van der Waals surface area (Å²) in [5.41, 5.74) is 0.922. The van der Waals surface area contributed by atoms with Gasteiger partial charge in [-0.1, -0.05) is 43.5 Å². The van der Waals surface area contributed by atoms with Gasteiger partial charge in [0.05, 0.1) is 15.7 Å². The zero-order valence-corrected chi connectivity index (χ0v) is 11.3. The molecule has 0 aliphatic rings. The number of nitrogens with zero attached hydrogens (tertiary/aromatic N) is 1. The summed E-state index contributed by atoms with van der Waals surface area (Å²) < 4.78 is 0. The van der Waals surface area contributed by atoms with Crippen LogP contribution >= 0.6 is 23.2 Å². The topological polar surface area (TPSA) is 24.9 Å². The van der Waals surface area contributed by atoms with Crippen molar-refractivity contribution in [1.82, 2.24) is 10.3 Å². The van der Waals surface area contributed by atoms with Crippen molar-refractivity contribution in [1.29, 1.82) is 0 Å². The lowest BCUT2D eigenvalue weighted by Gasteiger charge is -2.17. The van der Waals surface area contributed by atoms with Gasteiger partial charge >= 0.3 is 0 Å². The van der Waals surface area contributed by atoms with Crippen LogP contribution in [0.1, 0.15) is 32.4 Å². The van der Waals surface area contributed by atoms with Crippen LogP contribution in [0.3, 0.4) is 0 Å². The molecule has 0 aromatic carbocycles. The van der Waals surface area contributed by atoms with Crippen molar-refractivity contribution in [2.24, 2.45) is 0 Å². The zero-order valence-electron chi connectivity index (χ0n) is 9.76. The average molecular weight is 261 g/mol. The fraction of sp³-hybridized carbons (Fsp3) is 0.583. The molecule has 0 fully saturated rings. The maximum Gasteiger partial charge on any atom is 0.0636 e. The molecule has 0 saturated carbocycles. The third kappa shape index (κ3) is 4.28. The summed E-state index contributed by atoms with van der Waals surface area (Å²) in [5.74, 6) is 0. The molecular weight excluding hydrogens is 243 g/mol. The Morgan fingerprint density at radius 3 is 2.69 bits per heavy atom. The number of hydrogen-bond donors (Lipinski definition) is 1. The van der Waals surface area contributed by atoms with Crippen LogP contribution in [0.15, 0.2) is 12.3 Å². The monoisotopic (exact) mass is 260 g/mol. The van der Waals surface area contributed by atoms with Crippen LogP contribution < -0.4 is 5.32 Å². The van der Waals surface area contributed by atoms with Gasteiger partial charge in [-0.2, -0.15) is 0 Å². The van der Waals surface area contributed by atoms with E-state index in [1.807, 2.05) is 0 Å². The van der Waals surface area contributed by atoms with E-state index in [0.29, 0.717) is 16.1 Å². The van der Waals surface area contributed by atoms with Crippen LogP contribution in [-0.2, 0) is 6.42 Å². The summed E-state index contributed by atoms with van der Waals surface area (Å²) in [6.45, 7) is 5.26. The summed E-state index contributed by atoms with van der Waals surface area (Å²) >= 11 is 11.9. The fourth-order valence-electron chi connectivity index (χ4n) is 1.74. The highest BCUT2D eigenvalue weighted by molar-refractivity contribution is 6.34. The van der Waals surface area contributed by atoms with E-state index in [4.69, 9.17) is 23.2 Å². The van der Waals surface area contributed by atoms with Crippen LogP contribution in [0, 0.1) is 0 Å². The van der Waals surface area contributed by atoms with E-state index in [1.165, 1.54) is 0 Å². The SMILES string of the molecule is CCCC(Cc1ncc(Cl)cc1Cl)NCC. The van der Waals surface area contributed by atoms with Gasteiger partial charge in [0.15, 0.2) is 0 Å². The Kier molecular flexibility index (Phi) is 6.10. The van der Waals surface area contributed by atoms with Crippen molar-refractivity contribution < 1.29 is 0 Å². The van der Waals surface area contributed by atoms with Crippen LogP contribution in [0.5, 0.6) is 0 Å². The molecule has 0 saturated heterocycles. The summed E-state index contributed by atoms with van der Waals surface area (Å²) in [6, 6.07) is 2.20. The number of nitrogens with one attached hydrogen (secondary N) is 1. The smallest absolute Gasteiger partial charge is 0.0636 e. The Morgan fingerprint density at radius 1 is 1.38 bits per heavy atom. The molecule has 1 rings (SSSR count). The standard InChI is InChI=1S/C12H18Cl2N2/c1-3-5-10(15-4-2)7-12-11(14)6-9(13)8-16-12/h6,8,10,15H,3-5,7H2,1-2H3. The van der Waals surface area contributed by atoms with Crippen molar-refractivity contribution in [3.05, 3.63) is 28.0 Å². The number of pyridine rings is 1. The fourth-order valence-corrected chi connectivity index (χ4v) is 2.20. The molecule has 0 bridgehead atoms. The normalized spacial score (nSPS) is 12.8. The molecule has 90 valence electrons. The quantitative estimate of drug-likeness (QED) is 0.844. The minimum absolute atomic E-state index is 0.446. The molecular formula is C12H18Cl2N2. The van der Waals surface area contributed by atoms with Gasteiger partial charge in [-0.15, -0.1) is 0 Å². The minimum atomic E-state index is 0.446. The van der Waals surface area contributed by atoms with E-state index in [-0.39, 0.29) is 0 Å². The summed E-state index contributed by atoms with van der Waals surface area (Å²) in [6.07, 6.45) is 4.80. The first-order valence-corrected chi connectivity index (χ1v) is 6.46. The van der Waals surface area contributed by atoms with E-state index in [0.717, 1.165) is 31.5 Å². The molecule has 0 spiro atoms. The molecule has 1 heterocycles. The molecule has 1 N–H and O–H groups in total. The molecule has 1 aromatic rings. The lowest BCUT2D eigenvalue weighted by atomic mass is 10.1. The highest BCUT2D eigenvalue weighted by atomic mass is 35.5. The number of hydrogen-bond acceptors (Lipinski definition) is 2. The summed E-state index contributed by atoms with van der Waals surface area (Å²) in [4.78, 5) is 4.28. The van der Waals surface area contributed by atoms with Gasteiger partial charge in [-0.3, -0.25) is 4.98 Å². The number of aromatic nitrogens is 1. The molecule has 1 unspecified atom stereocenters.